The van der Waals surface area contributed by atoms with Crippen LogP contribution in [-0.4, -0.2) is 26.4 Å². The van der Waals surface area contributed by atoms with Crippen LogP contribution in [0.2, 0.25) is 0 Å². The summed E-state index contributed by atoms with van der Waals surface area (Å²) in [4.78, 5) is 13.5. The molecule has 0 aliphatic carbocycles. The number of aromatic nitrogens is 3. The molecule has 0 saturated carbocycles. The predicted octanol–water partition coefficient (Wildman–Crippen LogP) is 4.94. The van der Waals surface area contributed by atoms with Gasteiger partial charge in [0.15, 0.2) is 11.0 Å². The number of benzene rings is 1. The van der Waals surface area contributed by atoms with Gasteiger partial charge in [0.2, 0.25) is 5.91 Å². The van der Waals surface area contributed by atoms with E-state index in [1.165, 1.54) is 11.8 Å². The highest BCUT2D eigenvalue weighted by Gasteiger charge is 2.18. The highest BCUT2D eigenvalue weighted by atomic mass is 32.2. The SMILES string of the molecule is Cc1cccc(C)c1NC(=O)CSc1nnc(-c2cccs2)n1C(C)C. The third-order valence-electron chi connectivity index (χ3n) is 4.00. The van der Waals surface area contributed by atoms with Gasteiger partial charge in [-0.25, -0.2) is 0 Å². The summed E-state index contributed by atoms with van der Waals surface area (Å²) in [7, 11) is 0. The number of anilines is 1. The van der Waals surface area contributed by atoms with Crippen molar-refractivity contribution >= 4 is 34.7 Å². The summed E-state index contributed by atoms with van der Waals surface area (Å²) in [5.74, 6) is 1.11. The van der Waals surface area contributed by atoms with Crippen LogP contribution in [0.5, 0.6) is 0 Å². The van der Waals surface area contributed by atoms with Gasteiger partial charge in [-0.1, -0.05) is 36.0 Å². The lowest BCUT2D eigenvalue weighted by molar-refractivity contribution is -0.113. The molecular formula is C19H22N4OS2. The van der Waals surface area contributed by atoms with Gasteiger partial charge in [0.25, 0.3) is 0 Å². The van der Waals surface area contributed by atoms with Gasteiger partial charge in [0.05, 0.1) is 10.6 Å². The molecule has 0 atom stereocenters. The van der Waals surface area contributed by atoms with Crippen LogP contribution >= 0.6 is 23.1 Å². The van der Waals surface area contributed by atoms with E-state index in [1.54, 1.807) is 11.3 Å². The van der Waals surface area contributed by atoms with Crippen molar-refractivity contribution in [2.75, 3.05) is 11.1 Å². The van der Waals surface area contributed by atoms with Crippen LogP contribution in [0.3, 0.4) is 0 Å². The Kier molecular flexibility index (Phi) is 5.78. The summed E-state index contributed by atoms with van der Waals surface area (Å²) in [5.41, 5.74) is 3.02. The fourth-order valence-electron chi connectivity index (χ4n) is 2.73. The second-order valence-electron chi connectivity index (χ2n) is 6.35. The molecule has 5 nitrogen and oxygen atoms in total. The first kappa shape index (κ1) is 18.7. The van der Waals surface area contributed by atoms with E-state index in [2.05, 4.69) is 33.9 Å². The number of nitrogens with one attached hydrogen (secondary N) is 1. The molecule has 0 fully saturated rings. The Labute approximate surface area is 161 Å². The fourth-order valence-corrected chi connectivity index (χ4v) is 4.30. The fraction of sp³-hybridized carbons (Fsp3) is 0.316. The molecule has 0 aliphatic heterocycles. The largest absolute Gasteiger partial charge is 0.325 e. The normalized spacial score (nSPS) is 11.1. The van der Waals surface area contributed by atoms with Crippen LogP contribution in [0.1, 0.15) is 31.0 Å². The molecule has 0 spiro atoms. The lowest BCUT2D eigenvalue weighted by Gasteiger charge is -2.14. The molecule has 1 aromatic carbocycles. The molecule has 26 heavy (non-hydrogen) atoms. The number of nitrogens with zero attached hydrogens (tertiary/aromatic N) is 3. The van der Waals surface area contributed by atoms with Crippen molar-refractivity contribution in [3.05, 3.63) is 46.8 Å². The maximum absolute atomic E-state index is 12.4. The number of thiophene rings is 1. The Bertz CT molecular complexity index is 880. The molecule has 2 aromatic heterocycles. The molecule has 0 bridgehead atoms. The third kappa shape index (κ3) is 3.99. The number of hydrogen-bond donors (Lipinski definition) is 1. The summed E-state index contributed by atoms with van der Waals surface area (Å²) in [6, 6.07) is 10.2. The van der Waals surface area contributed by atoms with E-state index in [0.717, 1.165) is 32.7 Å². The Morgan fingerprint density at radius 2 is 1.92 bits per heavy atom. The zero-order valence-corrected chi connectivity index (χ0v) is 16.9. The smallest absolute Gasteiger partial charge is 0.234 e. The van der Waals surface area contributed by atoms with Crippen LogP contribution in [0, 0.1) is 13.8 Å². The first-order valence-corrected chi connectivity index (χ1v) is 10.3. The lowest BCUT2D eigenvalue weighted by Crippen LogP contribution is -2.16. The quantitative estimate of drug-likeness (QED) is 0.610. The molecule has 0 radical (unpaired) electrons. The second kappa shape index (κ2) is 8.05. The first-order chi connectivity index (χ1) is 12.5. The van der Waals surface area contributed by atoms with E-state index < -0.39 is 0 Å². The Morgan fingerprint density at radius 3 is 2.54 bits per heavy atom. The van der Waals surface area contributed by atoms with Crippen LogP contribution in [0.15, 0.2) is 40.9 Å². The van der Waals surface area contributed by atoms with Crippen molar-refractivity contribution in [2.24, 2.45) is 0 Å². The van der Waals surface area contributed by atoms with Gasteiger partial charge >= 0.3 is 0 Å². The Morgan fingerprint density at radius 1 is 1.19 bits per heavy atom. The van der Waals surface area contributed by atoms with E-state index in [-0.39, 0.29) is 11.9 Å². The molecule has 1 amide bonds. The van der Waals surface area contributed by atoms with Crippen LogP contribution in [-0.2, 0) is 4.79 Å². The van der Waals surface area contributed by atoms with E-state index >= 15 is 0 Å². The van der Waals surface area contributed by atoms with Crippen molar-refractivity contribution in [1.29, 1.82) is 0 Å². The first-order valence-electron chi connectivity index (χ1n) is 8.45. The molecule has 2 heterocycles. The van der Waals surface area contributed by atoms with Crippen molar-refractivity contribution in [2.45, 2.75) is 38.9 Å². The summed E-state index contributed by atoms with van der Waals surface area (Å²) in [5, 5.41) is 14.5. The number of carbonyl (C=O) groups is 1. The van der Waals surface area contributed by atoms with E-state index in [9.17, 15) is 4.79 Å². The maximum Gasteiger partial charge on any atom is 0.234 e. The molecule has 3 rings (SSSR count). The van der Waals surface area contributed by atoms with Gasteiger partial charge in [0.1, 0.15) is 0 Å². The summed E-state index contributed by atoms with van der Waals surface area (Å²) < 4.78 is 2.09. The van der Waals surface area contributed by atoms with Gasteiger partial charge in [-0.15, -0.1) is 21.5 Å². The lowest BCUT2D eigenvalue weighted by atomic mass is 10.1. The minimum absolute atomic E-state index is 0.0385. The van der Waals surface area contributed by atoms with Gasteiger partial charge in [-0.3, -0.25) is 9.36 Å². The zero-order valence-electron chi connectivity index (χ0n) is 15.3. The number of amides is 1. The van der Waals surface area contributed by atoms with Crippen molar-refractivity contribution in [3.63, 3.8) is 0 Å². The topological polar surface area (TPSA) is 59.8 Å². The van der Waals surface area contributed by atoms with Crippen LogP contribution < -0.4 is 5.32 Å². The number of para-hydroxylation sites is 1. The minimum atomic E-state index is -0.0385. The monoisotopic (exact) mass is 386 g/mol. The third-order valence-corrected chi connectivity index (χ3v) is 5.81. The number of carbonyl (C=O) groups excluding carboxylic acids is 1. The van der Waals surface area contributed by atoms with E-state index in [0.29, 0.717) is 5.75 Å². The van der Waals surface area contributed by atoms with Crippen molar-refractivity contribution in [3.8, 4) is 10.7 Å². The number of rotatable bonds is 6. The predicted molar refractivity (Wildman–Crippen MR) is 109 cm³/mol. The minimum Gasteiger partial charge on any atom is -0.325 e. The van der Waals surface area contributed by atoms with Crippen LogP contribution in [0.4, 0.5) is 5.69 Å². The average molecular weight is 387 g/mol. The highest BCUT2D eigenvalue weighted by molar-refractivity contribution is 7.99. The van der Waals surface area contributed by atoms with E-state index in [4.69, 9.17) is 0 Å². The van der Waals surface area contributed by atoms with Gasteiger partial charge in [-0.2, -0.15) is 0 Å². The Hall–Kier alpha value is -2.12. The van der Waals surface area contributed by atoms with Crippen LogP contribution in [0.25, 0.3) is 10.7 Å². The Balaban J connectivity index is 1.73. The highest BCUT2D eigenvalue weighted by Crippen LogP contribution is 2.30. The summed E-state index contributed by atoms with van der Waals surface area (Å²) in [6.45, 7) is 8.19. The molecule has 1 N–H and O–H groups in total. The number of hydrogen-bond acceptors (Lipinski definition) is 5. The number of thioether (sulfide) groups is 1. The molecule has 3 aromatic rings. The molecular weight excluding hydrogens is 364 g/mol. The second-order valence-corrected chi connectivity index (χ2v) is 8.24. The van der Waals surface area contributed by atoms with Gasteiger partial charge < -0.3 is 5.32 Å². The zero-order chi connectivity index (χ0) is 18.7. The molecule has 0 saturated heterocycles. The standard InChI is InChI=1S/C19H22N4OS2/c1-12(2)23-18(15-9-6-10-25-15)21-22-19(23)26-11-16(24)20-17-13(3)7-5-8-14(17)4/h5-10,12H,11H2,1-4H3,(H,20,24). The summed E-state index contributed by atoms with van der Waals surface area (Å²) >= 11 is 3.05. The van der Waals surface area contributed by atoms with Gasteiger partial charge in [-0.05, 0) is 50.3 Å². The maximum atomic E-state index is 12.4. The van der Waals surface area contributed by atoms with Gasteiger partial charge in [0, 0.05) is 11.7 Å². The molecule has 7 heteroatoms. The van der Waals surface area contributed by atoms with Crippen molar-refractivity contribution in [1.82, 2.24) is 14.8 Å². The number of aryl methyl sites for hydroxylation is 2. The molecule has 0 unspecified atom stereocenters. The molecule has 0 aliphatic rings. The van der Waals surface area contributed by atoms with Crippen molar-refractivity contribution < 1.29 is 4.79 Å². The van der Waals surface area contributed by atoms with E-state index in [1.807, 2.05) is 49.6 Å². The average Bonchev–Trinajstić information content (AvgIpc) is 3.25. The molecule has 136 valence electrons. The summed E-state index contributed by atoms with van der Waals surface area (Å²) in [6.07, 6.45) is 0.